The highest BCUT2D eigenvalue weighted by molar-refractivity contribution is 7.12. The Morgan fingerprint density at radius 1 is 1.11 bits per heavy atom. The van der Waals surface area contributed by atoms with Gasteiger partial charge in [-0.1, -0.05) is 45.4 Å². The van der Waals surface area contributed by atoms with Gasteiger partial charge < -0.3 is 5.11 Å². The summed E-state index contributed by atoms with van der Waals surface area (Å²) >= 11 is 1.88. The number of aliphatic hydroxyl groups excluding tert-OH is 1. The summed E-state index contributed by atoms with van der Waals surface area (Å²) < 4.78 is 0. The van der Waals surface area contributed by atoms with Gasteiger partial charge in [-0.15, -0.1) is 11.3 Å². The molecule has 0 radical (unpaired) electrons. The molecular weight excluding hydrogens is 252 g/mol. The molecule has 0 saturated heterocycles. The highest BCUT2D eigenvalue weighted by Gasteiger charge is 2.16. The minimum Gasteiger partial charge on any atom is -0.388 e. The summed E-state index contributed by atoms with van der Waals surface area (Å²) in [6, 6.07) is 2.29. The monoisotopic (exact) mass is 280 g/mol. The summed E-state index contributed by atoms with van der Waals surface area (Å²) in [5, 5.41) is 10.3. The van der Waals surface area contributed by atoms with Crippen LogP contribution in [0.1, 0.15) is 86.1 Å². The van der Waals surface area contributed by atoms with E-state index in [2.05, 4.69) is 13.0 Å². The SMILES string of the molecule is CCCCCCCC(O)c1cc2c(s1)CCCCC2. The van der Waals surface area contributed by atoms with Crippen LogP contribution < -0.4 is 0 Å². The highest BCUT2D eigenvalue weighted by atomic mass is 32.1. The second-order valence-electron chi connectivity index (χ2n) is 5.88. The van der Waals surface area contributed by atoms with Gasteiger partial charge in [0.05, 0.1) is 6.10 Å². The van der Waals surface area contributed by atoms with Gasteiger partial charge in [-0.2, -0.15) is 0 Å². The molecule has 0 fully saturated rings. The van der Waals surface area contributed by atoms with Gasteiger partial charge in [0.15, 0.2) is 0 Å². The van der Waals surface area contributed by atoms with Crippen molar-refractivity contribution >= 4 is 11.3 Å². The fourth-order valence-electron chi connectivity index (χ4n) is 2.94. The standard InChI is InChI=1S/C17H28OS/c1-2-3-4-5-8-11-15(18)17-13-14-10-7-6-9-12-16(14)19-17/h13,15,18H,2-12H2,1H3. The quantitative estimate of drug-likeness (QED) is 0.523. The molecule has 0 saturated carbocycles. The number of aliphatic hydroxyl groups is 1. The number of hydrogen-bond acceptors (Lipinski definition) is 2. The molecule has 1 aromatic heterocycles. The molecular formula is C17H28OS. The van der Waals surface area contributed by atoms with E-state index in [4.69, 9.17) is 0 Å². The number of aryl methyl sites for hydroxylation is 2. The summed E-state index contributed by atoms with van der Waals surface area (Å²) in [6.45, 7) is 2.24. The first-order valence-electron chi connectivity index (χ1n) is 8.10. The van der Waals surface area contributed by atoms with E-state index < -0.39 is 0 Å². The van der Waals surface area contributed by atoms with Crippen molar-refractivity contribution in [2.75, 3.05) is 0 Å². The molecule has 1 aliphatic carbocycles. The molecule has 0 bridgehead atoms. The molecule has 0 amide bonds. The summed E-state index contributed by atoms with van der Waals surface area (Å²) in [7, 11) is 0. The molecule has 1 aromatic rings. The fraction of sp³-hybridized carbons (Fsp3) is 0.765. The lowest BCUT2D eigenvalue weighted by Gasteiger charge is -2.08. The Balaban J connectivity index is 1.80. The Hall–Kier alpha value is -0.340. The minimum atomic E-state index is -0.210. The maximum absolute atomic E-state index is 10.3. The van der Waals surface area contributed by atoms with Gasteiger partial charge in [0.2, 0.25) is 0 Å². The van der Waals surface area contributed by atoms with Crippen LogP contribution in [0.25, 0.3) is 0 Å². The third kappa shape index (κ3) is 4.61. The van der Waals surface area contributed by atoms with Crippen LogP contribution in [0.2, 0.25) is 0 Å². The lowest BCUT2D eigenvalue weighted by Crippen LogP contribution is -1.94. The third-order valence-corrected chi connectivity index (χ3v) is 5.51. The van der Waals surface area contributed by atoms with E-state index in [1.54, 1.807) is 4.88 Å². The Labute approximate surface area is 122 Å². The Kier molecular flexibility index (Phi) is 6.39. The molecule has 0 spiro atoms. The Morgan fingerprint density at radius 2 is 1.89 bits per heavy atom. The zero-order valence-corrected chi connectivity index (χ0v) is 13.1. The van der Waals surface area contributed by atoms with Crippen molar-refractivity contribution in [2.24, 2.45) is 0 Å². The average molecular weight is 280 g/mol. The van der Waals surface area contributed by atoms with Crippen LogP contribution in [0.15, 0.2) is 6.07 Å². The maximum Gasteiger partial charge on any atom is 0.0882 e. The highest BCUT2D eigenvalue weighted by Crippen LogP contribution is 2.34. The normalized spacial score (nSPS) is 16.9. The predicted molar refractivity (Wildman–Crippen MR) is 83.9 cm³/mol. The van der Waals surface area contributed by atoms with E-state index in [1.807, 2.05) is 11.3 Å². The van der Waals surface area contributed by atoms with Crippen molar-refractivity contribution in [1.29, 1.82) is 0 Å². The van der Waals surface area contributed by atoms with E-state index in [0.717, 1.165) is 6.42 Å². The number of hydrogen-bond donors (Lipinski definition) is 1. The van der Waals surface area contributed by atoms with Gasteiger partial charge in [0.1, 0.15) is 0 Å². The van der Waals surface area contributed by atoms with Gasteiger partial charge in [-0.05, 0) is 43.7 Å². The molecule has 0 aromatic carbocycles. The van der Waals surface area contributed by atoms with Gasteiger partial charge in [-0.25, -0.2) is 0 Å². The van der Waals surface area contributed by atoms with Gasteiger partial charge in [0, 0.05) is 9.75 Å². The van der Waals surface area contributed by atoms with Gasteiger partial charge >= 0.3 is 0 Å². The first-order valence-corrected chi connectivity index (χ1v) is 8.92. The summed E-state index contributed by atoms with van der Waals surface area (Å²) in [4.78, 5) is 2.78. The average Bonchev–Trinajstić information content (AvgIpc) is 2.70. The van der Waals surface area contributed by atoms with Crippen molar-refractivity contribution in [1.82, 2.24) is 0 Å². The summed E-state index contributed by atoms with van der Waals surface area (Å²) in [5.74, 6) is 0. The predicted octanol–water partition coefficient (Wildman–Crippen LogP) is 5.41. The van der Waals surface area contributed by atoms with Gasteiger partial charge in [0.25, 0.3) is 0 Å². The van der Waals surface area contributed by atoms with Crippen molar-refractivity contribution in [3.8, 4) is 0 Å². The van der Waals surface area contributed by atoms with Gasteiger partial charge in [-0.3, -0.25) is 0 Å². The summed E-state index contributed by atoms with van der Waals surface area (Å²) in [5.41, 5.74) is 1.53. The molecule has 108 valence electrons. The molecule has 2 rings (SSSR count). The molecule has 1 heterocycles. The topological polar surface area (TPSA) is 20.2 Å². The fourth-order valence-corrected chi connectivity index (χ4v) is 4.22. The zero-order valence-electron chi connectivity index (χ0n) is 12.3. The van der Waals surface area contributed by atoms with Crippen molar-refractivity contribution < 1.29 is 5.11 Å². The van der Waals surface area contributed by atoms with E-state index in [1.165, 1.54) is 74.6 Å². The third-order valence-electron chi connectivity index (χ3n) is 4.18. The smallest absolute Gasteiger partial charge is 0.0882 e. The van der Waals surface area contributed by atoms with Crippen LogP contribution >= 0.6 is 11.3 Å². The van der Waals surface area contributed by atoms with Crippen molar-refractivity contribution in [3.63, 3.8) is 0 Å². The molecule has 1 N–H and O–H groups in total. The van der Waals surface area contributed by atoms with Crippen LogP contribution in [-0.4, -0.2) is 5.11 Å². The van der Waals surface area contributed by atoms with Crippen LogP contribution in [-0.2, 0) is 12.8 Å². The Morgan fingerprint density at radius 3 is 2.74 bits per heavy atom. The van der Waals surface area contributed by atoms with Crippen LogP contribution in [0.5, 0.6) is 0 Å². The molecule has 19 heavy (non-hydrogen) atoms. The lowest BCUT2D eigenvalue weighted by molar-refractivity contribution is 0.167. The van der Waals surface area contributed by atoms with Crippen molar-refractivity contribution in [3.05, 3.63) is 21.4 Å². The largest absolute Gasteiger partial charge is 0.388 e. The van der Waals surface area contributed by atoms with E-state index in [9.17, 15) is 5.11 Å². The second-order valence-corrected chi connectivity index (χ2v) is 7.04. The first-order chi connectivity index (χ1) is 9.31. The van der Waals surface area contributed by atoms with E-state index in [-0.39, 0.29) is 6.10 Å². The van der Waals surface area contributed by atoms with Crippen LogP contribution in [0, 0.1) is 0 Å². The molecule has 1 nitrogen and oxygen atoms in total. The first kappa shape index (κ1) is 15.1. The van der Waals surface area contributed by atoms with Crippen LogP contribution in [0.4, 0.5) is 0 Å². The van der Waals surface area contributed by atoms with E-state index >= 15 is 0 Å². The molecule has 1 unspecified atom stereocenters. The minimum absolute atomic E-state index is 0.210. The zero-order chi connectivity index (χ0) is 13.5. The molecule has 2 heteroatoms. The second kappa shape index (κ2) is 8.06. The lowest BCUT2D eigenvalue weighted by atomic mass is 10.1. The molecule has 1 atom stereocenters. The maximum atomic E-state index is 10.3. The summed E-state index contributed by atoms with van der Waals surface area (Å²) in [6.07, 6.45) is 13.6. The number of unbranched alkanes of at least 4 members (excludes halogenated alkanes) is 4. The number of thiophene rings is 1. The number of fused-ring (bicyclic) bond motifs is 1. The molecule has 1 aliphatic rings. The van der Waals surface area contributed by atoms with Crippen molar-refractivity contribution in [2.45, 2.75) is 83.7 Å². The number of rotatable bonds is 7. The Bertz CT molecular complexity index is 346. The van der Waals surface area contributed by atoms with Crippen LogP contribution in [0.3, 0.4) is 0 Å². The molecule has 0 aliphatic heterocycles. The van der Waals surface area contributed by atoms with E-state index in [0.29, 0.717) is 0 Å².